The van der Waals surface area contributed by atoms with Gasteiger partial charge in [0.25, 0.3) is 5.91 Å². The summed E-state index contributed by atoms with van der Waals surface area (Å²) >= 11 is 12.0. The third-order valence-corrected chi connectivity index (χ3v) is 4.59. The van der Waals surface area contributed by atoms with Gasteiger partial charge in [-0.05, 0) is 60.5 Å². The summed E-state index contributed by atoms with van der Waals surface area (Å²) in [6, 6.07) is 13.5. The lowest BCUT2D eigenvalue weighted by Gasteiger charge is -2.11. The lowest BCUT2D eigenvalue weighted by molar-refractivity contribution is -0.111. The quantitative estimate of drug-likeness (QED) is 0.522. The van der Waals surface area contributed by atoms with Crippen molar-refractivity contribution < 1.29 is 9.59 Å². The first-order valence-electron chi connectivity index (χ1n) is 8.68. The van der Waals surface area contributed by atoms with Gasteiger partial charge >= 0.3 is 0 Å². The Morgan fingerprint density at radius 3 is 2.59 bits per heavy atom. The number of rotatable bonds is 5. The Morgan fingerprint density at radius 1 is 1.03 bits per heavy atom. The second kappa shape index (κ2) is 9.37. The molecule has 0 bridgehead atoms. The molecule has 5 nitrogen and oxygen atoms in total. The molecular weight excluding hydrogens is 409 g/mol. The fourth-order valence-electron chi connectivity index (χ4n) is 2.53. The predicted octanol–water partition coefficient (Wildman–Crippen LogP) is 5.60. The SMILES string of the molecule is Cc1ccc(NC(=O)c2ccc(Cl)cc2Cl)cc1NC(=O)/C=C/c1cccnc1. The monoisotopic (exact) mass is 425 g/mol. The van der Waals surface area contributed by atoms with Crippen molar-refractivity contribution in [1.82, 2.24) is 4.98 Å². The van der Waals surface area contributed by atoms with Gasteiger partial charge in [0.05, 0.1) is 10.6 Å². The molecule has 29 heavy (non-hydrogen) atoms. The van der Waals surface area contributed by atoms with Crippen LogP contribution in [0, 0.1) is 6.92 Å². The second-order valence-electron chi connectivity index (χ2n) is 6.22. The van der Waals surface area contributed by atoms with Crippen LogP contribution < -0.4 is 10.6 Å². The zero-order valence-electron chi connectivity index (χ0n) is 15.4. The molecule has 1 heterocycles. The molecule has 0 fully saturated rings. The lowest BCUT2D eigenvalue weighted by Crippen LogP contribution is -2.14. The summed E-state index contributed by atoms with van der Waals surface area (Å²) < 4.78 is 0. The van der Waals surface area contributed by atoms with Crippen LogP contribution in [0.3, 0.4) is 0 Å². The van der Waals surface area contributed by atoms with Crippen LogP contribution in [0.15, 0.2) is 67.0 Å². The lowest BCUT2D eigenvalue weighted by atomic mass is 10.1. The van der Waals surface area contributed by atoms with Gasteiger partial charge < -0.3 is 10.6 Å². The van der Waals surface area contributed by atoms with E-state index in [4.69, 9.17) is 23.2 Å². The highest BCUT2D eigenvalue weighted by Crippen LogP contribution is 2.24. The van der Waals surface area contributed by atoms with Crippen LogP contribution >= 0.6 is 23.2 Å². The number of pyridine rings is 1. The van der Waals surface area contributed by atoms with E-state index in [0.29, 0.717) is 22.0 Å². The molecule has 2 N–H and O–H groups in total. The molecule has 0 aliphatic rings. The first kappa shape index (κ1) is 20.6. The number of carbonyl (C=O) groups is 2. The van der Waals surface area contributed by atoms with Crippen LogP contribution in [0.2, 0.25) is 10.0 Å². The average Bonchev–Trinajstić information content (AvgIpc) is 2.69. The van der Waals surface area contributed by atoms with E-state index in [-0.39, 0.29) is 16.8 Å². The molecule has 0 radical (unpaired) electrons. The van der Waals surface area contributed by atoms with Gasteiger partial charge in [0.2, 0.25) is 5.91 Å². The van der Waals surface area contributed by atoms with E-state index >= 15 is 0 Å². The molecule has 0 aliphatic heterocycles. The fraction of sp³-hybridized carbons (Fsp3) is 0.0455. The number of benzene rings is 2. The number of carbonyl (C=O) groups excluding carboxylic acids is 2. The summed E-state index contributed by atoms with van der Waals surface area (Å²) in [5, 5.41) is 6.30. The summed E-state index contributed by atoms with van der Waals surface area (Å²) in [6.07, 6.45) is 6.42. The summed E-state index contributed by atoms with van der Waals surface area (Å²) in [5.74, 6) is -0.662. The number of aromatic nitrogens is 1. The van der Waals surface area contributed by atoms with Gasteiger partial charge in [0.1, 0.15) is 0 Å². The standard InChI is InChI=1S/C22H17Cl2N3O2/c1-14-4-7-17(26-22(29)18-8-6-16(23)11-19(18)24)12-20(14)27-21(28)9-5-15-3-2-10-25-13-15/h2-13H,1H3,(H,26,29)(H,27,28)/b9-5+. The van der Waals surface area contributed by atoms with Crippen molar-refractivity contribution in [2.45, 2.75) is 6.92 Å². The van der Waals surface area contributed by atoms with Gasteiger partial charge in [-0.1, -0.05) is 35.3 Å². The van der Waals surface area contributed by atoms with Crippen LogP contribution in [0.25, 0.3) is 6.08 Å². The zero-order chi connectivity index (χ0) is 20.8. The number of hydrogen-bond acceptors (Lipinski definition) is 3. The smallest absolute Gasteiger partial charge is 0.257 e. The molecule has 7 heteroatoms. The number of aryl methyl sites for hydroxylation is 1. The molecule has 2 amide bonds. The van der Waals surface area contributed by atoms with Crippen molar-refractivity contribution in [1.29, 1.82) is 0 Å². The van der Waals surface area contributed by atoms with E-state index in [1.807, 2.05) is 13.0 Å². The number of nitrogens with one attached hydrogen (secondary N) is 2. The van der Waals surface area contributed by atoms with Crippen LogP contribution in [-0.2, 0) is 4.79 Å². The third-order valence-electron chi connectivity index (χ3n) is 4.04. The van der Waals surface area contributed by atoms with E-state index < -0.39 is 0 Å². The largest absolute Gasteiger partial charge is 0.322 e. The minimum atomic E-state index is -0.371. The number of anilines is 2. The fourth-order valence-corrected chi connectivity index (χ4v) is 3.02. The number of nitrogens with zero attached hydrogens (tertiary/aromatic N) is 1. The van der Waals surface area contributed by atoms with Gasteiger partial charge in [-0.25, -0.2) is 0 Å². The Labute approximate surface area is 178 Å². The van der Waals surface area contributed by atoms with E-state index in [9.17, 15) is 9.59 Å². The molecule has 3 rings (SSSR count). The summed E-state index contributed by atoms with van der Waals surface area (Å²) in [6.45, 7) is 1.86. The van der Waals surface area contributed by atoms with Gasteiger partial charge in [-0.2, -0.15) is 0 Å². The molecule has 0 saturated carbocycles. The maximum absolute atomic E-state index is 12.5. The molecule has 2 aromatic carbocycles. The normalized spacial score (nSPS) is 10.7. The molecule has 0 unspecified atom stereocenters. The zero-order valence-corrected chi connectivity index (χ0v) is 17.0. The molecule has 0 atom stereocenters. The molecule has 1 aromatic heterocycles. The van der Waals surface area contributed by atoms with E-state index in [0.717, 1.165) is 11.1 Å². The first-order chi connectivity index (χ1) is 13.9. The molecule has 3 aromatic rings. The van der Waals surface area contributed by atoms with Crippen LogP contribution in [-0.4, -0.2) is 16.8 Å². The summed E-state index contributed by atoms with van der Waals surface area (Å²) in [4.78, 5) is 28.7. The van der Waals surface area contributed by atoms with Crippen molar-refractivity contribution in [2.75, 3.05) is 10.6 Å². The molecule has 0 spiro atoms. The maximum atomic E-state index is 12.5. The minimum absolute atomic E-state index is 0.260. The van der Waals surface area contributed by atoms with Crippen molar-refractivity contribution in [3.8, 4) is 0 Å². The Hall–Kier alpha value is -3.15. The number of hydrogen-bond donors (Lipinski definition) is 2. The van der Waals surface area contributed by atoms with Gasteiger partial charge in [-0.3, -0.25) is 14.6 Å². The molecule has 146 valence electrons. The van der Waals surface area contributed by atoms with Gasteiger partial charge in [-0.15, -0.1) is 0 Å². The number of amides is 2. The molecule has 0 saturated heterocycles. The maximum Gasteiger partial charge on any atom is 0.257 e. The van der Waals surface area contributed by atoms with Gasteiger partial charge in [0.15, 0.2) is 0 Å². The second-order valence-corrected chi connectivity index (χ2v) is 7.06. The molecule has 0 aliphatic carbocycles. The Bertz CT molecular complexity index is 1080. The first-order valence-corrected chi connectivity index (χ1v) is 9.44. The van der Waals surface area contributed by atoms with Crippen molar-refractivity contribution in [2.24, 2.45) is 0 Å². The molecular formula is C22H17Cl2N3O2. The summed E-state index contributed by atoms with van der Waals surface area (Å²) in [5.41, 5.74) is 3.10. The predicted molar refractivity (Wildman–Crippen MR) is 117 cm³/mol. The summed E-state index contributed by atoms with van der Waals surface area (Å²) in [7, 11) is 0. The Morgan fingerprint density at radius 2 is 1.86 bits per heavy atom. The third kappa shape index (κ3) is 5.67. The van der Waals surface area contributed by atoms with Crippen molar-refractivity contribution in [3.05, 3.63) is 93.7 Å². The van der Waals surface area contributed by atoms with Crippen LogP contribution in [0.4, 0.5) is 11.4 Å². The topological polar surface area (TPSA) is 71.1 Å². The van der Waals surface area contributed by atoms with E-state index in [1.165, 1.54) is 12.1 Å². The average molecular weight is 426 g/mol. The van der Waals surface area contributed by atoms with Crippen LogP contribution in [0.1, 0.15) is 21.5 Å². The highest BCUT2D eigenvalue weighted by atomic mass is 35.5. The highest BCUT2D eigenvalue weighted by molar-refractivity contribution is 6.37. The van der Waals surface area contributed by atoms with Crippen molar-refractivity contribution >= 4 is 52.5 Å². The number of halogens is 2. The van der Waals surface area contributed by atoms with Crippen molar-refractivity contribution in [3.63, 3.8) is 0 Å². The van der Waals surface area contributed by atoms with Gasteiger partial charge in [0, 0.05) is 34.9 Å². The van der Waals surface area contributed by atoms with E-state index in [1.54, 1.807) is 54.9 Å². The minimum Gasteiger partial charge on any atom is -0.322 e. The van der Waals surface area contributed by atoms with Crippen LogP contribution in [0.5, 0.6) is 0 Å². The Balaban J connectivity index is 1.71. The van der Waals surface area contributed by atoms with E-state index in [2.05, 4.69) is 15.6 Å². The Kier molecular flexibility index (Phi) is 6.65. The highest BCUT2D eigenvalue weighted by Gasteiger charge is 2.12.